The predicted molar refractivity (Wildman–Crippen MR) is 148 cm³/mol. The number of aromatic nitrogens is 3. The van der Waals surface area contributed by atoms with Gasteiger partial charge in [0.05, 0.1) is 6.54 Å². The van der Waals surface area contributed by atoms with Crippen molar-refractivity contribution in [3.63, 3.8) is 0 Å². The zero-order valence-corrected chi connectivity index (χ0v) is 22.4. The molecule has 9 heteroatoms. The molecule has 1 saturated heterocycles. The van der Waals surface area contributed by atoms with Gasteiger partial charge in [-0.15, -0.1) is 5.10 Å². The molecule has 0 spiro atoms. The van der Waals surface area contributed by atoms with Crippen molar-refractivity contribution in [2.24, 2.45) is 0 Å². The van der Waals surface area contributed by atoms with Crippen LogP contribution in [0.15, 0.2) is 30.3 Å². The number of likely N-dealkylation sites (N-methyl/N-ethyl adjacent to an activating group) is 1. The first kappa shape index (κ1) is 25.0. The van der Waals surface area contributed by atoms with Crippen LogP contribution >= 0.6 is 11.3 Å². The molecular formula is C27H39N7OS. The zero-order chi connectivity index (χ0) is 24.9. The summed E-state index contributed by atoms with van der Waals surface area (Å²) in [5, 5.41) is 12.5. The van der Waals surface area contributed by atoms with Crippen molar-refractivity contribution in [2.45, 2.75) is 70.4 Å². The number of likely N-dealkylation sites (tertiary alicyclic amines) is 1. The largest absolute Gasteiger partial charge is 0.365 e. The minimum atomic E-state index is 0.0336. The SMILES string of the molecule is C[C@H]1CCCCN1CCCNC(=O)CN(C)c1nn2c(NC3CCCC3)c(-c3ccccc3)nc2s1. The summed E-state index contributed by atoms with van der Waals surface area (Å²) in [5.74, 6) is 0.988. The lowest BCUT2D eigenvalue weighted by Gasteiger charge is -2.33. The predicted octanol–water partition coefficient (Wildman–Crippen LogP) is 4.63. The molecule has 3 heterocycles. The van der Waals surface area contributed by atoms with Crippen LogP contribution in [-0.2, 0) is 4.79 Å². The number of carbonyl (C=O) groups excluding carboxylic acids is 1. The molecule has 2 aliphatic rings. The number of fused-ring (bicyclic) bond motifs is 1. The highest BCUT2D eigenvalue weighted by atomic mass is 32.1. The fourth-order valence-electron chi connectivity index (χ4n) is 5.42. The van der Waals surface area contributed by atoms with E-state index in [0.29, 0.717) is 18.6 Å². The normalized spacial score (nSPS) is 19.1. The Morgan fingerprint density at radius 1 is 1.14 bits per heavy atom. The van der Waals surface area contributed by atoms with Gasteiger partial charge in [-0.25, -0.2) is 4.98 Å². The minimum Gasteiger partial charge on any atom is -0.365 e. The van der Waals surface area contributed by atoms with E-state index in [0.717, 1.165) is 40.1 Å². The Labute approximate surface area is 218 Å². The van der Waals surface area contributed by atoms with Gasteiger partial charge in [-0.05, 0) is 45.6 Å². The Morgan fingerprint density at radius 3 is 2.69 bits per heavy atom. The van der Waals surface area contributed by atoms with Crippen LogP contribution in [0.2, 0.25) is 0 Å². The molecule has 3 aromatic rings. The third-order valence-corrected chi connectivity index (χ3v) is 8.55. The molecule has 0 radical (unpaired) electrons. The molecule has 1 aliphatic heterocycles. The number of anilines is 2. The minimum absolute atomic E-state index is 0.0336. The Kier molecular flexibility index (Phi) is 8.06. The smallest absolute Gasteiger partial charge is 0.239 e. The van der Waals surface area contributed by atoms with Crippen molar-refractivity contribution in [2.75, 3.05) is 43.4 Å². The van der Waals surface area contributed by atoms with Gasteiger partial charge in [0.2, 0.25) is 16.0 Å². The van der Waals surface area contributed by atoms with E-state index < -0.39 is 0 Å². The highest BCUT2D eigenvalue weighted by molar-refractivity contribution is 7.20. The molecule has 1 aliphatic carbocycles. The van der Waals surface area contributed by atoms with E-state index in [4.69, 9.17) is 10.1 Å². The van der Waals surface area contributed by atoms with Gasteiger partial charge in [-0.2, -0.15) is 4.52 Å². The van der Waals surface area contributed by atoms with Crippen molar-refractivity contribution in [3.8, 4) is 11.3 Å². The summed E-state index contributed by atoms with van der Waals surface area (Å²) in [7, 11) is 1.93. The molecule has 194 valence electrons. The zero-order valence-electron chi connectivity index (χ0n) is 21.6. The molecule has 2 N–H and O–H groups in total. The number of carbonyl (C=O) groups is 1. The van der Waals surface area contributed by atoms with Gasteiger partial charge < -0.3 is 20.4 Å². The first-order chi connectivity index (χ1) is 17.6. The number of rotatable bonds is 10. The van der Waals surface area contributed by atoms with Gasteiger partial charge in [0.25, 0.3) is 0 Å². The van der Waals surface area contributed by atoms with E-state index in [9.17, 15) is 4.79 Å². The maximum absolute atomic E-state index is 12.6. The number of piperidine rings is 1. The Bertz CT molecular complexity index is 1140. The lowest BCUT2D eigenvalue weighted by molar-refractivity contribution is -0.119. The molecule has 2 aromatic heterocycles. The van der Waals surface area contributed by atoms with Crippen molar-refractivity contribution in [1.82, 2.24) is 24.8 Å². The topological polar surface area (TPSA) is 77.8 Å². The maximum atomic E-state index is 12.6. The van der Waals surface area contributed by atoms with Gasteiger partial charge in [0, 0.05) is 37.8 Å². The van der Waals surface area contributed by atoms with E-state index in [1.165, 1.54) is 62.8 Å². The van der Waals surface area contributed by atoms with E-state index >= 15 is 0 Å². The molecule has 1 aromatic carbocycles. The average molecular weight is 510 g/mol. The highest BCUT2D eigenvalue weighted by Gasteiger charge is 2.24. The molecule has 5 rings (SSSR count). The molecule has 0 bridgehead atoms. The van der Waals surface area contributed by atoms with Gasteiger partial charge in [0.15, 0.2) is 5.82 Å². The van der Waals surface area contributed by atoms with Gasteiger partial charge in [0.1, 0.15) is 5.69 Å². The Balaban J connectivity index is 1.21. The molecule has 1 saturated carbocycles. The third kappa shape index (κ3) is 5.83. The summed E-state index contributed by atoms with van der Waals surface area (Å²) >= 11 is 1.52. The van der Waals surface area contributed by atoms with Gasteiger partial charge >= 0.3 is 0 Å². The highest BCUT2D eigenvalue weighted by Crippen LogP contribution is 2.35. The number of nitrogens with one attached hydrogen (secondary N) is 2. The van der Waals surface area contributed by atoms with Gasteiger partial charge in [-0.1, -0.05) is 60.9 Å². The third-order valence-electron chi connectivity index (χ3n) is 7.53. The van der Waals surface area contributed by atoms with Crippen LogP contribution in [-0.4, -0.2) is 70.7 Å². The fourth-order valence-corrected chi connectivity index (χ4v) is 6.28. The second-order valence-electron chi connectivity index (χ2n) is 10.3. The van der Waals surface area contributed by atoms with Crippen molar-refractivity contribution >= 4 is 33.2 Å². The quantitative estimate of drug-likeness (QED) is 0.388. The number of hydrogen-bond donors (Lipinski definition) is 2. The van der Waals surface area contributed by atoms with Crippen LogP contribution in [0.4, 0.5) is 10.9 Å². The first-order valence-corrected chi connectivity index (χ1v) is 14.3. The molecule has 1 amide bonds. The van der Waals surface area contributed by atoms with E-state index in [1.807, 2.05) is 34.7 Å². The molecule has 0 unspecified atom stereocenters. The second-order valence-corrected chi connectivity index (χ2v) is 11.3. The van der Waals surface area contributed by atoms with E-state index in [-0.39, 0.29) is 12.5 Å². The number of nitrogens with zero attached hydrogens (tertiary/aromatic N) is 5. The monoisotopic (exact) mass is 509 g/mol. The van der Waals surface area contributed by atoms with Crippen LogP contribution in [0.1, 0.15) is 58.3 Å². The Hall–Kier alpha value is -2.65. The van der Waals surface area contributed by atoms with Crippen molar-refractivity contribution in [3.05, 3.63) is 30.3 Å². The summed E-state index contributed by atoms with van der Waals surface area (Å²) in [6, 6.07) is 11.4. The van der Waals surface area contributed by atoms with Crippen LogP contribution in [0.5, 0.6) is 0 Å². The first-order valence-electron chi connectivity index (χ1n) is 13.5. The molecule has 8 nitrogen and oxygen atoms in total. The summed E-state index contributed by atoms with van der Waals surface area (Å²) in [5.41, 5.74) is 2.03. The second kappa shape index (κ2) is 11.6. The molecule has 36 heavy (non-hydrogen) atoms. The van der Waals surface area contributed by atoms with Crippen LogP contribution in [0.25, 0.3) is 16.2 Å². The lowest BCUT2D eigenvalue weighted by Crippen LogP contribution is -2.40. The fraction of sp³-hybridized carbons (Fsp3) is 0.593. The summed E-state index contributed by atoms with van der Waals surface area (Å²) in [4.78, 5) is 22.9. The maximum Gasteiger partial charge on any atom is 0.239 e. The van der Waals surface area contributed by atoms with Crippen LogP contribution < -0.4 is 15.5 Å². The van der Waals surface area contributed by atoms with E-state index in [1.54, 1.807) is 0 Å². The van der Waals surface area contributed by atoms with Crippen molar-refractivity contribution < 1.29 is 4.79 Å². The standard InChI is InChI=1S/C27H39N7OS/c1-20-11-8-9-17-33(20)18-10-16-28-23(35)19-32(2)27-31-34-25(29-22-14-6-7-15-22)24(30-26(34)36-27)21-12-4-3-5-13-21/h3-5,12-13,20,22,29H,6-11,14-19H2,1-2H3,(H,28,35)/t20-/m0/s1. The van der Waals surface area contributed by atoms with Crippen molar-refractivity contribution in [1.29, 1.82) is 0 Å². The van der Waals surface area contributed by atoms with Crippen LogP contribution in [0.3, 0.4) is 0 Å². The summed E-state index contributed by atoms with van der Waals surface area (Å²) < 4.78 is 1.93. The lowest BCUT2D eigenvalue weighted by atomic mass is 10.0. The number of amides is 1. The summed E-state index contributed by atoms with van der Waals surface area (Å²) in [6.45, 7) is 5.56. The summed E-state index contributed by atoms with van der Waals surface area (Å²) in [6.07, 6.45) is 9.79. The number of benzene rings is 1. The van der Waals surface area contributed by atoms with Gasteiger partial charge in [-0.3, -0.25) is 4.79 Å². The van der Waals surface area contributed by atoms with Crippen LogP contribution in [0, 0.1) is 0 Å². The molecule has 2 fully saturated rings. The Morgan fingerprint density at radius 2 is 1.92 bits per heavy atom. The molecular weight excluding hydrogens is 470 g/mol. The van der Waals surface area contributed by atoms with E-state index in [2.05, 4.69) is 34.6 Å². The number of imidazole rings is 1. The average Bonchev–Trinajstić information content (AvgIpc) is 3.61. The molecule has 1 atom stereocenters. The number of hydrogen-bond acceptors (Lipinski definition) is 7.